The molecule has 1 amide bonds. The number of nitrogens with zero attached hydrogens (tertiary/aromatic N) is 2. The Labute approximate surface area is 194 Å². The highest BCUT2D eigenvalue weighted by molar-refractivity contribution is 7.92. The topological polar surface area (TPSA) is 88.1 Å². The van der Waals surface area contributed by atoms with Crippen LogP contribution in [0.4, 0.5) is 5.69 Å². The van der Waals surface area contributed by atoms with Crippen LogP contribution in [0.15, 0.2) is 77.9 Å². The third-order valence-corrected chi connectivity index (χ3v) is 5.85. The van der Waals surface area contributed by atoms with E-state index < -0.39 is 15.9 Å². The summed E-state index contributed by atoms with van der Waals surface area (Å²) in [5.74, 6) is 0.177. The molecular weight excluding hydrogens is 438 g/mol. The molecule has 7 nitrogen and oxygen atoms in total. The number of amides is 1. The first-order chi connectivity index (χ1) is 15.7. The SMILES string of the molecule is Cc1cc(C)cc(N(CC(=O)N/N=C/c2ccc(OCc3ccccc3)cc2)S(C)(=O)=O)c1. The Morgan fingerprint density at radius 2 is 1.64 bits per heavy atom. The molecule has 0 fully saturated rings. The van der Waals surface area contributed by atoms with Gasteiger partial charge in [0.25, 0.3) is 5.91 Å². The van der Waals surface area contributed by atoms with Gasteiger partial charge in [-0.25, -0.2) is 13.8 Å². The van der Waals surface area contributed by atoms with Gasteiger partial charge in [-0.3, -0.25) is 9.10 Å². The van der Waals surface area contributed by atoms with Gasteiger partial charge in [0.2, 0.25) is 10.0 Å². The van der Waals surface area contributed by atoms with Crippen LogP contribution in [0.5, 0.6) is 5.75 Å². The van der Waals surface area contributed by atoms with Crippen molar-refractivity contribution in [3.63, 3.8) is 0 Å². The van der Waals surface area contributed by atoms with Gasteiger partial charge < -0.3 is 4.74 Å². The summed E-state index contributed by atoms with van der Waals surface area (Å²) in [6, 6.07) is 22.5. The van der Waals surface area contributed by atoms with E-state index in [0.717, 1.165) is 38.6 Å². The molecule has 0 radical (unpaired) electrons. The summed E-state index contributed by atoms with van der Waals surface area (Å²) in [7, 11) is -3.65. The number of nitrogens with one attached hydrogen (secondary N) is 1. The summed E-state index contributed by atoms with van der Waals surface area (Å²) >= 11 is 0. The lowest BCUT2D eigenvalue weighted by Gasteiger charge is -2.22. The summed E-state index contributed by atoms with van der Waals surface area (Å²) in [4.78, 5) is 12.4. The van der Waals surface area contributed by atoms with Gasteiger partial charge in [0.1, 0.15) is 18.9 Å². The van der Waals surface area contributed by atoms with E-state index in [1.165, 1.54) is 6.21 Å². The van der Waals surface area contributed by atoms with Gasteiger partial charge in [0.15, 0.2) is 0 Å². The van der Waals surface area contributed by atoms with E-state index in [9.17, 15) is 13.2 Å². The van der Waals surface area contributed by atoms with Crippen molar-refractivity contribution in [3.05, 3.63) is 95.1 Å². The maximum Gasteiger partial charge on any atom is 0.260 e. The maximum absolute atomic E-state index is 12.4. The van der Waals surface area contributed by atoms with Crippen molar-refractivity contribution >= 4 is 27.8 Å². The van der Waals surface area contributed by atoms with E-state index in [2.05, 4.69) is 10.5 Å². The van der Waals surface area contributed by atoms with Crippen LogP contribution >= 0.6 is 0 Å². The fourth-order valence-corrected chi connectivity index (χ4v) is 4.07. The fraction of sp³-hybridized carbons (Fsp3) is 0.200. The lowest BCUT2D eigenvalue weighted by Crippen LogP contribution is -2.39. The van der Waals surface area contributed by atoms with Crippen LogP contribution in [-0.2, 0) is 21.4 Å². The number of hydrogen-bond acceptors (Lipinski definition) is 5. The second-order valence-electron chi connectivity index (χ2n) is 7.75. The number of carbonyl (C=O) groups excluding carboxylic acids is 1. The summed E-state index contributed by atoms with van der Waals surface area (Å²) in [6.45, 7) is 3.85. The molecule has 3 aromatic carbocycles. The molecule has 0 aliphatic carbocycles. The second kappa shape index (κ2) is 10.8. The van der Waals surface area contributed by atoms with Gasteiger partial charge in [0, 0.05) is 0 Å². The number of anilines is 1. The van der Waals surface area contributed by atoms with Gasteiger partial charge in [-0.1, -0.05) is 36.4 Å². The molecule has 172 valence electrons. The van der Waals surface area contributed by atoms with Crippen molar-refractivity contribution in [2.75, 3.05) is 17.1 Å². The number of hydrazone groups is 1. The molecule has 0 aromatic heterocycles. The van der Waals surface area contributed by atoms with Crippen LogP contribution in [0.25, 0.3) is 0 Å². The van der Waals surface area contributed by atoms with Gasteiger partial charge in [-0.15, -0.1) is 0 Å². The molecule has 0 spiro atoms. The minimum Gasteiger partial charge on any atom is -0.489 e. The number of ether oxygens (including phenoxy) is 1. The molecule has 0 saturated heterocycles. The van der Waals surface area contributed by atoms with Gasteiger partial charge in [0.05, 0.1) is 18.2 Å². The smallest absolute Gasteiger partial charge is 0.260 e. The molecule has 0 atom stereocenters. The normalized spacial score (nSPS) is 11.4. The van der Waals surface area contributed by atoms with Crippen molar-refractivity contribution in [2.24, 2.45) is 5.10 Å². The zero-order chi connectivity index (χ0) is 23.8. The Morgan fingerprint density at radius 1 is 1.00 bits per heavy atom. The number of aryl methyl sites for hydroxylation is 2. The predicted molar refractivity (Wildman–Crippen MR) is 131 cm³/mol. The van der Waals surface area contributed by atoms with Crippen molar-refractivity contribution < 1.29 is 17.9 Å². The van der Waals surface area contributed by atoms with Crippen LogP contribution in [0.1, 0.15) is 22.3 Å². The average Bonchev–Trinajstić information content (AvgIpc) is 2.76. The fourth-order valence-electron chi connectivity index (χ4n) is 3.23. The van der Waals surface area contributed by atoms with Crippen LogP contribution in [0.3, 0.4) is 0 Å². The zero-order valence-electron chi connectivity index (χ0n) is 18.9. The second-order valence-corrected chi connectivity index (χ2v) is 9.66. The third kappa shape index (κ3) is 7.47. The Morgan fingerprint density at radius 3 is 2.24 bits per heavy atom. The van der Waals surface area contributed by atoms with E-state index in [4.69, 9.17) is 4.74 Å². The molecular formula is C25H27N3O4S. The van der Waals surface area contributed by atoms with Crippen LogP contribution in [0.2, 0.25) is 0 Å². The summed E-state index contributed by atoms with van der Waals surface area (Å²) in [5, 5.41) is 3.94. The van der Waals surface area contributed by atoms with Crippen molar-refractivity contribution in [3.8, 4) is 5.75 Å². The molecule has 1 N–H and O–H groups in total. The monoisotopic (exact) mass is 465 g/mol. The average molecular weight is 466 g/mol. The highest BCUT2D eigenvalue weighted by atomic mass is 32.2. The third-order valence-electron chi connectivity index (χ3n) is 4.71. The van der Waals surface area contributed by atoms with Crippen molar-refractivity contribution in [1.29, 1.82) is 0 Å². The zero-order valence-corrected chi connectivity index (χ0v) is 19.7. The Kier molecular flexibility index (Phi) is 7.84. The standard InChI is InChI=1S/C25H27N3O4S/c1-19-13-20(2)15-23(14-19)28(33(3,30)31)17-25(29)27-26-16-21-9-11-24(12-10-21)32-18-22-7-5-4-6-8-22/h4-16H,17-18H2,1-3H3,(H,27,29)/b26-16+. The van der Waals surface area contributed by atoms with Crippen LogP contribution in [0, 0.1) is 13.8 Å². The first-order valence-electron chi connectivity index (χ1n) is 10.4. The molecule has 0 aliphatic rings. The van der Waals surface area contributed by atoms with Gasteiger partial charge >= 0.3 is 0 Å². The Bertz CT molecular complexity index is 1200. The molecule has 8 heteroatoms. The molecule has 0 saturated carbocycles. The Hall–Kier alpha value is -3.65. The van der Waals surface area contributed by atoms with Gasteiger partial charge in [-0.2, -0.15) is 5.10 Å². The lowest BCUT2D eigenvalue weighted by atomic mass is 10.1. The predicted octanol–water partition coefficient (Wildman–Crippen LogP) is 3.80. The summed E-state index contributed by atoms with van der Waals surface area (Å²) < 4.78 is 31.3. The van der Waals surface area contributed by atoms with Crippen LogP contribution < -0.4 is 14.5 Å². The molecule has 3 rings (SSSR count). The molecule has 0 unspecified atom stereocenters. The van der Waals surface area contributed by atoms with E-state index in [0.29, 0.717) is 12.3 Å². The van der Waals surface area contributed by atoms with E-state index in [1.54, 1.807) is 12.1 Å². The number of rotatable bonds is 9. The van der Waals surface area contributed by atoms with E-state index >= 15 is 0 Å². The molecule has 33 heavy (non-hydrogen) atoms. The minimum atomic E-state index is -3.65. The first-order valence-corrected chi connectivity index (χ1v) is 12.2. The summed E-state index contributed by atoms with van der Waals surface area (Å²) in [5.41, 5.74) is 6.49. The molecule has 0 heterocycles. The van der Waals surface area contributed by atoms with E-state index in [-0.39, 0.29) is 6.54 Å². The molecule has 3 aromatic rings. The van der Waals surface area contributed by atoms with Crippen LogP contribution in [-0.4, -0.2) is 33.3 Å². The highest BCUT2D eigenvalue weighted by Gasteiger charge is 2.21. The first kappa shape index (κ1) is 24.0. The van der Waals surface area contributed by atoms with E-state index in [1.807, 2.05) is 74.5 Å². The summed E-state index contributed by atoms with van der Waals surface area (Å²) in [6.07, 6.45) is 2.56. The quantitative estimate of drug-likeness (QED) is 0.385. The van der Waals surface area contributed by atoms with Gasteiger partial charge in [-0.05, 0) is 72.5 Å². The maximum atomic E-state index is 12.4. The minimum absolute atomic E-state index is 0.370. The largest absolute Gasteiger partial charge is 0.489 e. The molecule has 0 bridgehead atoms. The Balaban J connectivity index is 1.57. The van der Waals surface area contributed by atoms with Crippen molar-refractivity contribution in [2.45, 2.75) is 20.5 Å². The lowest BCUT2D eigenvalue weighted by molar-refractivity contribution is -0.119. The van der Waals surface area contributed by atoms with Crippen molar-refractivity contribution in [1.82, 2.24) is 5.43 Å². The number of hydrogen-bond donors (Lipinski definition) is 1. The number of sulfonamides is 1. The number of carbonyl (C=O) groups is 1. The number of benzene rings is 3. The highest BCUT2D eigenvalue weighted by Crippen LogP contribution is 2.21. The molecule has 0 aliphatic heterocycles.